The van der Waals surface area contributed by atoms with E-state index in [0.29, 0.717) is 12.8 Å². The van der Waals surface area contributed by atoms with Crippen LogP contribution in [0, 0.1) is 0 Å². The third kappa shape index (κ3) is 3.98. The average molecular weight is 206 g/mol. The minimum atomic E-state index is 0.563. The molecule has 0 bridgehead atoms. The maximum atomic E-state index is 11.6. The van der Waals surface area contributed by atoms with Crippen molar-refractivity contribution in [3.8, 4) is 5.75 Å². The molecule has 80 valence electrons. The first-order valence-corrected chi connectivity index (χ1v) is 4.90. The van der Waals surface area contributed by atoms with Gasteiger partial charge in [-0.2, -0.15) is 0 Å². The van der Waals surface area contributed by atoms with Gasteiger partial charge in [-0.3, -0.25) is 0 Å². The third-order valence-electron chi connectivity index (χ3n) is 2.06. The lowest BCUT2D eigenvalue weighted by molar-refractivity contribution is 0.410. The predicted molar refractivity (Wildman–Crippen MR) is 60.7 cm³/mol. The van der Waals surface area contributed by atoms with Crippen LogP contribution in [-0.2, 0) is 6.42 Å². The number of halogens is 1. The van der Waals surface area contributed by atoms with E-state index in [1.54, 1.807) is 7.11 Å². The van der Waals surface area contributed by atoms with Gasteiger partial charge in [0, 0.05) is 0 Å². The molecule has 0 unspecified atom stereocenters. The Kier molecular flexibility index (Phi) is 5.23. The van der Waals surface area contributed by atoms with Crippen LogP contribution >= 0.6 is 0 Å². The molecule has 0 aliphatic rings. The summed E-state index contributed by atoms with van der Waals surface area (Å²) in [5, 5.41) is 0. The number of allylic oxidation sites excluding steroid dienone is 3. The maximum Gasteiger partial charge on any atom is 0.122 e. The Bertz CT molecular complexity index is 342. The van der Waals surface area contributed by atoms with Gasteiger partial charge in [-0.25, -0.2) is 4.39 Å². The van der Waals surface area contributed by atoms with Crippen molar-refractivity contribution in [1.82, 2.24) is 0 Å². The van der Waals surface area contributed by atoms with Crippen LogP contribution in [0.25, 0.3) is 0 Å². The van der Waals surface area contributed by atoms with Gasteiger partial charge in [0.2, 0.25) is 0 Å². The first-order valence-electron chi connectivity index (χ1n) is 4.90. The summed E-state index contributed by atoms with van der Waals surface area (Å²) in [6.45, 7) is 0. The number of hydrogen-bond acceptors (Lipinski definition) is 1. The third-order valence-corrected chi connectivity index (χ3v) is 2.06. The molecule has 1 aromatic carbocycles. The lowest BCUT2D eigenvalue weighted by Crippen LogP contribution is -1.89. The van der Waals surface area contributed by atoms with Crippen molar-refractivity contribution in [3.05, 3.63) is 54.4 Å². The quantitative estimate of drug-likeness (QED) is 0.668. The van der Waals surface area contributed by atoms with Gasteiger partial charge in [0.1, 0.15) is 5.75 Å². The first-order chi connectivity index (χ1) is 7.38. The highest BCUT2D eigenvalue weighted by Gasteiger charge is 1.97. The summed E-state index contributed by atoms with van der Waals surface area (Å²) in [7, 11) is 1.66. The highest BCUT2D eigenvalue weighted by atomic mass is 19.1. The molecule has 0 radical (unpaired) electrons. The molecule has 1 rings (SSSR count). The van der Waals surface area contributed by atoms with Crippen molar-refractivity contribution >= 4 is 0 Å². The van der Waals surface area contributed by atoms with Crippen LogP contribution in [0.4, 0.5) is 4.39 Å². The summed E-state index contributed by atoms with van der Waals surface area (Å²) < 4.78 is 16.8. The molecule has 1 nitrogen and oxygen atoms in total. The van der Waals surface area contributed by atoms with E-state index < -0.39 is 0 Å². The molecule has 1 aromatic rings. The lowest BCUT2D eigenvalue weighted by atomic mass is 10.1. The Morgan fingerprint density at radius 2 is 2.00 bits per heavy atom. The smallest absolute Gasteiger partial charge is 0.122 e. The van der Waals surface area contributed by atoms with E-state index in [0.717, 1.165) is 17.7 Å². The summed E-state index contributed by atoms with van der Waals surface area (Å²) in [5.41, 5.74) is 1.14. The highest BCUT2D eigenvalue weighted by Crippen LogP contribution is 2.17. The van der Waals surface area contributed by atoms with Crippen LogP contribution in [0.2, 0.25) is 0 Å². The second kappa shape index (κ2) is 6.82. The topological polar surface area (TPSA) is 9.23 Å². The Balaban J connectivity index is 2.53. The van der Waals surface area contributed by atoms with Gasteiger partial charge < -0.3 is 4.74 Å². The van der Waals surface area contributed by atoms with Crippen LogP contribution in [-0.4, -0.2) is 7.11 Å². The minimum absolute atomic E-state index is 0.563. The molecule has 0 amide bonds. The van der Waals surface area contributed by atoms with Gasteiger partial charge in [-0.1, -0.05) is 36.4 Å². The largest absolute Gasteiger partial charge is 0.496 e. The summed E-state index contributed by atoms with van der Waals surface area (Å²) in [4.78, 5) is 0. The van der Waals surface area contributed by atoms with Crippen LogP contribution in [0.3, 0.4) is 0 Å². The SMILES string of the molecule is COc1ccccc1CC=CCC=CF. The van der Waals surface area contributed by atoms with Crippen LogP contribution in [0.1, 0.15) is 12.0 Å². The van der Waals surface area contributed by atoms with Gasteiger partial charge in [-0.05, 0) is 24.5 Å². The number of hydrogen-bond donors (Lipinski definition) is 0. The van der Waals surface area contributed by atoms with Gasteiger partial charge in [0.05, 0.1) is 13.4 Å². The van der Waals surface area contributed by atoms with E-state index in [1.807, 2.05) is 36.4 Å². The molecule has 15 heavy (non-hydrogen) atoms. The summed E-state index contributed by atoms with van der Waals surface area (Å²) in [5.74, 6) is 0.892. The molecule has 2 heteroatoms. The molecule has 0 fully saturated rings. The second-order valence-corrected chi connectivity index (χ2v) is 3.08. The van der Waals surface area contributed by atoms with Crippen molar-refractivity contribution in [2.24, 2.45) is 0 Å². The fourth-order valence-corrected chi connectivity index (χ4v) is 1.31. The van der Waals surface area contributed by atoms with E-state index in [1.165, 1.54) is 6.08 Å². The first kappa shape index (κ1) is 11.5. The Labute approximate surface area is 89.9 Å². The molecule has 0 heterocycles. The van der Waals surface area contributed by atoms with Gasteiger partial charge in [0.25, 0.3) is 0 Å². The molecule has 0 atom stereocenters. The summed E-state index contributed by atoms with van der Waals surface area (Å²) >= 11 is 0. The van der Waals surface area contributed by atoms with Crippen molar-refractivity contribution in [2.75, 3.05) is 7.11 Å². The van der Waals surface area contributed by atoms with Crippen molar-refractivity contribution < 1.29 is 9.13 Å². The van der Waals surface area contributed by atoms with E-state index in [9.17, 15) is 4.39 Å². The van der Waals surface area contributed by atoms with E-state index >= 15 is 0 Å². The lowest BCUT2D eigenvalue weighted by Gasteiger charge is -2.04. The zero-order chi connectivity index (χ0) is 10.9. The van der Waals surface area contributed by atoms with Gasteiger partial charge in [0.15, 0.2) is 0 Å². The standard InChI is InChI=1S/C13H15FO/c1-15-13-10-6-5-9-12(13)8-4-2-3-7-11-14/h2,4-7,9-11H,3,8H2,1H3. The van der Waals surface area contributed by atoms with Crippen LogP contribution in [0.5, 0.6) is 5.75 Å². The molecule has 0 aliphatic heterocycles. The van der Waals surface area contributed by atoms with E-state index in [4.69, 9.17) is 4.74 Å². The second-order valence-electron chi connectivity index (χ2n) is 3.08. The zero-order valence-electron chi connectivity index (χ0n) is 8.82. The molecule has 0 saturated heterocycles. The Morgan fingerprint density at radius 1 is 1.20 bits per heavy atom. The fraction of sp³-hybridized carbons (Fsp3) is 0.231. The Morgan fingerprint density at radius 3 is 2.73 bits per heavy atom. The molecule has 0 aliphatic carbocycles. The minimum Gasteiger partial charge on any atom is -0.496 e. The van der Waals surface area contributed by atoms with Crippen molar-refractivity contribution in [1.29, 1.82) is 0 Å². The summed E-state index contributed by atoms with van der Waals surface area (Å²) in [6.07, 6.45) is 7.42. The molecule has 0 N–H and O–H groups in total. The number of benzene rings is 1. The molecule has 0 saturated carbocycles. The number of ether oxygens (including phenoxy) is 1. The molecule has 0 spiro atoms. The predicted octanol–water partition coefficient (Wildman–Crippen LogP) is 3.67. The van der Waals surface area contributed by atoms with Gasteiger partial charge in [-0.15, -0.1) is 0 Å². The molecular weight excluding hydrogens is 191 g/mol. The number of methoxy groups -OCH3 is 1. The summed E-state index contributed by atoms with van der Waals surface area (Å²) in [6, 6.07) is 7.88. The molecular formula is C13H15FO. The number of rotatable bonds is 5. The molecule has 0 aromatic heterocycles. The van der Waals surface area contributed by atoms with Crippen LogP contribution in [0.15, 0.2) is 48.8 Å². The normalized spacial score (nSPS) is 11.3. The van der Waals surface area contributed by atoms with Crippen LogP contribution < -0.4 is 4.74 Å². The van der Waals surface area contributed by atoms with Gasteiger partial charge >= 0.3 is 0 Å². The maximum absolute atomic E-state index is 11.6. The van der Waals surface area contributed by atoms with Crippen molar-refractivity contribution in [3.63, 3.8) is 0 Å². The Hall–Kier alpha value is -1.57. The van der Waals surface area contributed by atoms with E-state index in [-0.39, 0.29) is 0 Å². The monoisotopic (exact) mass is 206 g/mol. The number of para-hydroxylation sites is 1. The van der Waals surface area contributed by atoms with E-state index in [2.05, 4.69) is 0 Å². The fourth-order valence-electron chi connectivity index (χ4n) is 1.31. The highest BCUT2D eigenvalue weighted by molar-refractivity contribution is 5.34. The van der Waals surface area contributed by atoms with Crippen molar-refractivity contribution in [2.45, 2.75) is 12.8 Å². The zero-order valence-corrected chi connectivity index (χ0v) is 8.82. The average Bonchev–Trinajstić information content (AvgIpc) is 2.29.